The molecule has 1 aliphatic heterocycles. The van der Waals surface area contributed by atoms with E-state index in [1.54, 1.807) is 18.7 Å². The molecule has 104 valence electrons. The highest BCUT2D eigenvalue weighted by molar-refractivity contribution is 8.00. The van der Waals surface area contributed by atoms with E-state index in [9.17, 15) is 4.79 Å². The number of ketones is 1. The molecule has 5 heteroatoms. The van der Waals surface area contributed by atoms with Gasteiger partial charge < -0.3 is 10.5 Å². The van der Waals surface area contributed by atoms with Crippen LogP contribution in [0.25, 0.3) is 0 Å². The van der Waals surface area contributed by atoms with Crippen molar-refractivity contribution in [2.75, 3.05) is 26.3 Å². The molecule has 0 bridgehead atoms. The Bertz CT molecular complexity index is 421. The summed E-state index contributed by atoms with van der Waals surface area (Å²) < 4.78 is 5.36. The minimum Gasteiger partial charge on any atom is -0.379 e. The second kappa shape index (κ2) is 6.52. The molecule has 0 amide bonds. The summed E-state index contributed by atoms with van der Waals surface area (Å²) in [5.41, 5.74) is 6.52. The van der Waals surface area contributed by atoms with E-state index in [0.717, 1.165) is 18.0 Å². The normalized spacial score (nSPS) is 19.9. The van der Waals surface area contributed by atoms with Crippen molar-refractivity contribution in [2.45, 2.75) is 23.2 Å². The first-order chi connectivity index (χ1) is 9.10. The van der Waals surface area contributed by atoms with E-state index in [4.69, 9.17) is 10.5 Å². The van der Waals surface area contributed by atoms with Crippen LogP contribution in [0, 0.1) is 0 Å². The largest absolute Gasteiger partial charge is 0.379 e. The first-order valence-electron chi connectivity index (χ1n) is 6.45. The van der Waals surface area contributed by atoms with Gasteiger partial charge in [-0.15, -0.1) is 0 Å². The molecule has 19 heavy (non-hydrogen) atoms. The number of benzene rings is 1. The average molecular weight is 280 g/mol. The fourth-order valence-corrected chi connectivity index (χ4v) is 3.49. The van der Waals surface area contributed by atoms with Gasteiger partial charge in [0.2, 0.25) is 0 Å². The highest BCUT2D eigenvalue weighted by Gasteiger charge is 2.36. The number of thioether (sulfide) groups is 1. The van der Waals surface area contributed by atoms with Crippen LogP contribution in [0.5, 0.6) is 0 Å². The predicted molar refractivity (Wildman–Crippen MR) is 76.9 cm³/mol. The van der Waals surface area contributed by atoms with Crippen LogP contribution in [0.15, 0.2) is 35.2 Å². The van der Waals surface area contributed by atoms with Gasteiger partial charge in [0.15, 0.2) is 0 Å². The predicted octanol–water partition coefficient (Wildman–Crippen LogP) is 1.70. The summed E-state index contributed by atoms with van der Waals surface area (Å²) in [6, 6.07) is 9.98. The molecule has 0 saturated carbocycles. The van der Waals surface area contributed by atoms with Crippen LogP contribution in [-0.2, 0) is 9.53 Å². The molecule has 0 aliphatic carbocycles. The second-order valence-electron chi connectivity index (χ2n) is 4.74. The summed E-state index contributed by atoms with van der Waals surface area (Å²) in [5.74, 6) is 0.109. The van der Waals surface area contributed by atoms with E-state index in [0.29, 0.717) is 19.6 Å². The first kappa shape index (κ1) is 14.5. The van der Waals surface area contributed by atoms with Gasteiger partial charge in [-0.2, -0.15) is 0 Å². The van der Waals surface area contributed by atoms with Crippen molar-refractivity contribution in [1.29, 1.82) is 0 Å². The molecule has 1 aromatic rings. The van der Waals surface area contributed by atoms with Gasteiger partial charge in [0, 0.05) is 24.4 Å². The Labute approximate surface area is 118 Å². The van der Waals surface area contributed by atoms with E-state index in [-0.39, 0.29) is 5.78 Å². The van der Waals surface area contributed by atoms with Crippen molar-refractivity contribution in [3.63, 3.8) is 0 Å². The van der Waals surface area contributed by atoms with Crippen molar-refractivity contribution in [1.82, 2.24) is 4.90 Å². The molecular formula is C14H20N2O2S. The molecule has 1 unspecified atom stereocenters. The Hall–Kier alpha value is -0.880. The van der Waals surface area contributed by atoms with Crippen LogP contribution >= 0.6 is 11.8 Å². The molecule has 0 radical (unpaired) electrons. The molecule has 0 spiro atoms. The van der Waals surface area contributed by atoms with Gasteiger partial charge in [-0.05, 0) is 19.1 Å². The van der Waals surface area contributed by atoms with E-state index in [1.165, 1.54) is 0 Å². The van der Waals surface area contributed by atoms with Crippen LogP contribution in [0.4, 0.5) is 0 Å². The van der Waals surface area contributed by atoms with Gasteiger partial charge in [0.05, 0.1) is 13.2 Å². The molecule has 1 aromatic carbocycles. The number of carbonyl (C=O) groups excluding carboxylic acids is 1. The standard InChI is InChI=1S/C14H20N2O2S/c1-12(17)11-14(15,16-7-9-18-10-8-16)19-13-5-3-2-4-6-13/h2-6H,7-11,15H2,1H3. The monoisotopic (exact) mass is 280 g/mol. The van der Waals surface area contributed by atoms with E-state index < -0.39 is 4.99 Å². The highest BCUT2D eigenvalue weighted by Crippen LogP contribution is 2.35. The summed E-state index contributed by atoms with van der Waals surface area (Å²) in [6.45, 7) is 4.47. The van der Waals surface area contributed by atoms with Crippen molar-refractivity contribution in [2.24, 2.45) is 5.73 Å². The summed E-state index contributed by atoms with van der Waals surface area (Å²) in [6.07, 6.45) is 0.340. The Kier molecular flexibility index (Phi) is 4.99. The van der Waals surface area contributed by atoms with E-state index in [1.807, 2.05) is 30.3 Å². The zero-order valence-corrected chi connectivity index (χ0v) is 12.0. The second-order valence-corrected chi connectivity index (χ2v) is 6.12. The molecule has 1 fully saturated rings. The van der Waals surface area contributed by atoms with Crippen LogP contribution in [0.2, 0.25) is 0 Å². The van der Waals surface area contributed by atoms with Crippen LogP contribution in [0.1, 0.15) is 13.3 Å². The number of ether oxygens (including phenoxy) is 1. The lowest BCUT2D eigenvalue weighted by Gasteiger charge is -2.41. The maximum Gasteiger partial charge on any atom is 0.133 e. The fraction of sp³-hybridized carbons (Fsp3) is 0.500. The molecule has 0 aromatic heterocycles. The summed E-state index contributed by atoms with van der Waals surface area (Å²) in [7, 11) is 0. The van der Waals surface area contributed by atoms with Gasteiger partial charge in [0.25, 0.3) is 0 Å². The number of nitrogens with two attached hydrogens (primary N) is 1. The third kappa shape index (κ3) is 4.04. The minimum atomic E-state index is -0.684. The lowest BCUT2D eigenvalue weighted by molar-refractivity contribution is -0.119. The minimum absolute atomic E-state index is 0.109. The number of carbonyl (C=O) groups is 1. The molecule has 1 saturated heterocycles. The fourth-order valence-electron chi connectivity index (χ4n) is 2.20. The van der Waals surface area contributed by atoms with Crippen LogP contribution < -0.4 is 5.73 Å². The average Bonchev–Trinajstić information content (AvgIpc) is 2.40. The number of hydrogen-bond donors (Lipinski definition) is 1. The summed E-state index contributed by atoms with van der Waals surface area (Å²) in [5, 5.41) is 0. The Morgan fingerprint density at radius 1 is 1.37 bits per heavy atom. The maximum absolute atomic E-state index is 11.5. The smallest absolute Gasteiger partial charge is 0.133 e. The van der Waals surface area contributed by atoms with Crippen molar-refractivity contribution in [3.8, 4) is 0 Å². The summed E-state index contributed by atoms with van der Waals surface area (Å²) in [4.78, 5) is 14.1. The zero-order valence-electron chi connectivity index (χ0n) is 11.2. The van der Waals surface area contributed by atoms with Gasteiger partial charge in [0.1, 0.15) is 10.8 Å². The SMILES string of the molecule is CC(=O)CC(N)(Sc1ccccc1)N1CCOCC1. The number of morpholine rings is 1. The van der Waals surface area contributed by atoms with Gasteiger partial charge in [-0.25, -0.2) is 0 Å². The topological polar surface area (TPSA) is 55.6 Å². The molecule has 2 N–H and O–H groups in total. The van der Waals surface area contributed by atoms with Crippen LogP contribution in [-0.4, -0.2) is 42.0 Å². The molecule has 1 aliphatic rings. The van der Waals surface area contributed by atoms with Gasteiger partial charge in [-0.3, -0.25) is 9.69 Å². The van der Waals surface area contributed by atoms with Crippen molar-refractivity contribution < 1.29 is 9.53 Å². The third-order valence-corrected chi connectivity index (χ3v) is 4.35. The number of hydrogen-bond acceptors (Lipinski definition) is 5. The Morgan fingerprint density at radius 3 is 2.58 bits per heavy atom. The lowest BCUT2D eigenvalue weighted by atomic mass is 10.2. The van der Waals surface area contributed by atoms with Crippen LogP contribution in [0.3, 0.4) is 0 Å². The third-order valence-electron chi connectivity index (χ3n) is 3.09. The summed E-state index contributed by atoms with van der Waals surface area (Å²) >= 11 is 1.55. The number of rotatable bonds is 5. The Morgan fingerprint density at radius 2 is 2.00 bits per heavy atom. The van der Waals surface area contributed by atoms with E-state index in [2.05, 4.69) is 4.90 Å². The highest BCUT2D eigenvalue weighted by atomic mass is 32.2. The van der Waals surface area contributed by atoms with Gasteiger partial charge in [-0.1, -0.05) is 30.0 Å². The van der Waals surface area contributed by atoms with Crippen molar-refractivity contribution in [3.05, 3.63) is 30.3 Å². The Balaban J connectivity index is 2.15. The van der Waals surface area contributed by atoms with Gasteiger partial charge >= 0.3 is 0 Å². The molecule has 4 nitrogen and oxygen atoms in total. The zero-order chi connectivity index (χ0) is 13.7. The molecule has 1 heterocycles. The number of nitrogens with zero attached hydrogens (tertiary/aromatic N) is 1. The quantitative estimate of drug-likeness (QED) is 0.657. The number of Topliss-reactive ketones (excluding diaryl/α,β-unsaturated/α-hetero) is 1. The first-order valence-corrected chi connectivity index (χ1v) is 7.27. The molecule has 1 atom stereocenters. The molecular weight excluding hydrogens is 260 g/mol. The lowest BCUT2D eigenvalue weighted by Crippen LogP contribution is -2.58. The van der Waals surface area contributed by atoms with Crippen molar-refractivity contribution >= 4 is 17.5 Å². The maximum atomic E-state index is 11.5. The molecule has 2 rings (SSSR count). The van der Waals surface area contributed by atoms with E-state index >= 15 is 0 Å².